The lowest BCUT2D eigenvalue weighted by atomic mass is 10.1. The standard InChI is InChI=1S/C23H23N3O6S2/c1-26(2)34(30,31)19-9-5-7-16(11-19)22(28)24-13-18(27)12-21-25-20(14-33-21)15-6-4-8-17(10-15)23(29)32-3/h4-11,14H,12-13H2,1-3H3,(H,24,28). The van der Waals surface area contributed by atoms with Gasteiger partial charge in [0, 0.05) is 30.6 Å². The minimum absolute atomic E-state index is 0.0111. The number of esters is 1. The highest BCUT2D eigenvalue weighted by molar-refractivity contribution is 7.89. The van der Waals surface area contributed by atoms with Crippen molar-refractivity contribution in [3.8, 4) is 11.3 Å². The highest BCUT2D eigenvalue weighted by Crippen LogP contribution is 2.23. The van der Waals surface area contributed by atoms with Gasteiger partial charge in [0.15, 0.2) is 5.78 Å². The summed E-state index contributed by atoms with van der Waals surface area (Å²) in [5.41, 5.74) is 1.88. The van der Waals surface area contributed by atoms with Gasteiger partial charge in [0.25, 0.3) is 5.91 Å². The summed E-state index contributed by atoms with van der Waals surface area (Å²) < 4.78 is 30.3. The third kappa shape index (κ3) is 5.93. The Kier molecular flexibility index (Phi) is 7.92. The van der Waals surface area contributed by atoms with Crippen LogP contribution in [0, 0.1) is 0 Å². The maximum Gasteiger partial charge on any atom is 0.337 e. The van der Waals surface area contributed by atoms with Crippen molar-refractivity contribution in [2.75, 3.05) is 27.7 Å². The topological polar surface area (TPSA) is 123 Å². The zero-order chi connectivity index (χ0) is 24.9. The van der Waals surface area contributed by atoms with E-state index in [4.69, 9.17) is 4.74 Å². The maximum atomic E-state index is 12.4. The fourth-order valence-electron chi connectivity index (χ4n) is 2.97. The first-order valence-electron chi connectivity index (χ1n) is 10.1. The summed E-state index contributed by atoms with van der Waals surface area (Å²) in [6, 6.07) is 12.4. The van der Waals surface area contributed by atoms with Crippen LogP contribution in [0.4, 0.5) is 0 Å². The van der Waals surface area contributed by atoms with Crippen LogP contribution in [-0.2, 0) is 26.0 Å². The highest BCUT2D eigenvalue weighted by atomic mass is 32.2. The molecule has 0 aliphatic heterocycles. The van der Waals surface area contributed by atoms with Crippen LogP contribution in [0.3, 0.4) is 0 Å². The van der Waals surface area contributed by atoms with Crippen LogP contribution in [0.25, 0.3) is 11.3 Å². The molecule has 0 unspecified atom stereocenters. The van der Waals surface area contributed by atoms with Crippen LogP contribution in [-0.4, -0.2) is 63.1 Å². The van der Waals surface area contributed by atoms with E-state index in [2.05, 4.69) is 10.3 Å². The number of rotatable bonds is 9. The lowest BCUT2D eigenvalue weighted by molar-refractivity contribution is -0.117. The predicted octanol–water partition coefficient (Wildman–Crippen LogP) is 2.39. The van der Waals surface area contributed by atoms with Crippen LogP contribution >= 0.6 is 11.3 Å². The average molecular weight is 502 g/mol. The van der Waals surface area contributed by atoms with Gasteiger partial charge in [-0.3, -0.25) is 9.59 Å². The third-order valence-corrected chi connectivity index (χ3v) is 7.46. The van der Waals surface area contributed by atoms with Crippen LogP contribution in [0.5, 0.6) is 0 Å². The first kappa shape index (κ1) is 25.2. The lowest BCUT2D eigenvalue weighted by Gasteiger charge is -2.12. The van der Waals surface area contributed by atoms with Gasteiger partial charge in [-0.2, -0.15) is 0 Å². The molecule has 3 aromatic rings. The fraction of sp³-hybridized carbons (Fsp3) is 0.217. The number of sulfonamides is 1. The van der Waals surface area contributed by atoms with Gasteiger partial charge in [-0.1, -0.05) is 18.2 Å². The molecule has 1 N–H and O–H groups in total. The summed E-state index contributed by atoms with van der Waals surface area (Å²) in [6.45, 7) is -0.226. The number of ketones is 1. The minimum Gasteiger partial charge on any atom is -0.465 e. The zero-order valence-corrected chi connectivity index (χ0v) is 20.4. The molecule has 0 bridgehead atoms. The molecule has 0 radical (unpaired) electrons. The molecule has 0 spiro atoms. The summed E-state index contributed by atoms with van der Waals surface area (Å²) in [4.78, 5) is 41.0. The average Bonchev–Trinajstić information content (AvgIpc) is 3.30. The Labute approximate surface area is 201 Å². The highest BCUT2D eigenvalue weighted by Gasteiger charge is 2.19. The molecule has 1 aromatic heterocycles. The normalized spacial score (nSPS) is 11.3. The quantitative estimate of drug-likeness (QED) is 0.447. The number of carbonyl (C=O) groups is 3. The second kappa shape index (κ2) is 10.7. The molecule has 0 atom stereocenters. The molecule has 11 heteroatoms. The number of hydrogen-bond donors (Lipinski definition) is 1. The summed E-state index contributed by atoms with van der Waals surface area (Å²) in [5.74, 6) is -1.26. The van der Waals surface area contributed by atoms with Gasteiger partial charge in [0.05, 0.1) is 36.2 Å². The van der Waals surface area contributed by atoms with E-state index in [1.54, 1.807) is 29.6 Å². The van der Waals surface area contributed by atoms with Crippen LogP contribution in [0.15, 0.2) is 58.8 Å². The number of hydrogen-bond acceptors (Lipinski definition) is 8. The third-order valence-electron chi connectivity index (χ3n) is 4.80. The Morgan fingerprint density at radius 1 is 1.06 bits per heavy atom. The SMILES string of the molecule is COC(=O)c1cccc(-c2csc(CC(=O)CNC(=O)c3cccc(S(=O)(=O)N(C)C)c3)n2)c1. The van der Waals surface area contributed by atoms with Crippen molar-refractivity contribution in [2.45, 2.75) is 11.3 Å². The van der Waals surface area contributed by atoms with Crippen LogP contribution in [0.2, 0.25) is 0 Å². The molecular formula is C23H23N3O6S2. The molecular weight excluding hydrogens is 478 g/mol. The molecule has 9 nitrogen and oxygen atoms in total. The largest absolute Gasteiger partial charge is 0.465 e. The Balaban J connectivity index is 1.61. The molecule has 1 heterocycles. The van der Waals surface area contributed by atoms with Crippen LogP contribution in [0.1, 0.15) is 25.7 Å². The summed E-state index contributed by atoms with van der Waals surface area (Å²) in [7, 11) is 0.434. The van der Waals surface area contributed by atoms with Gasteiger partial charge in [0.2, 0.25) is 10.0 Å². The van der Waals surface area contributed by atoms with Gasteiger partial charge in [0.1, 0.15) is 5.01 Å². The molecule has 2 aromatic carbocycles. The lowest BCUT2D eigenvalue weighted by Crippen LogP contribution is -2.30. The summed E-state index contributed by atoms with van der Waals surface area (Å²) in [6.07, 6.45) is 0.0245. The summed E-state index contributed by atoms with van der Waals surface area (Å²) in [5, 5.41) is 4.87. The molecule has 0 saturated carbocycles. The number of thiazole rings is 1. The first-order chi connectivity index (χ1) is 16.1. The van der Waals surface area contributed by atoms with E-state index in [1.807, 2.05) is 0 Å². The number of nitrogens with zero attached hydrogens (tertiary/aromatic N) is 2. The molecule has 0 fully saturated rings. The molecule has 0 saturated heterocycles. The van der Waals surface area contributed by atoms with Gasteiger partial charge >= 0.3 is 5.97 Å². The van der Waals surface area contributed by atoms with E-state index in [1.165, 1.54) is 56.8 Å². The van der Waals surface area contributed by atoms with E-state index in [9.17, 15) is 22.8 Å². The molecule has 178 valence electrons. The van der Waals surface area contributed by atoms with Crippen molar-refractivity contribution in [1.29, 1.82) is 0 Å². The second-order valence-corrected chi connectivity index (χ2v) is 10.5. The number of nitrogens with one attached hydrogen (secondary N) is 1. The van der Waals surface area contributed by atoms with Crippen molar-refractivity contribution in [3.63, 3.8) is 0 Å². The number of amides is 1. The van der Waals surface area contributed by atoms with Crippen LogP contribution < -0.4 is 5.32 Å². The van der Waals surface area contributed by atoms with Gasteiger partial charge in [-0.25, -0.2) is 22.5 Å². The van der Waals surface area contributed by atoms with Gasteiger partial charge in [-0.05, 0) is 30.3 Å². The first-order valence-corrected chi connectivity index (χ1v) is 12.4. The number of benzene rings is 2. The van der Waals surface area contributed by atoms with Crippen molar-refractivity contribution < 1.29 is 27.5 Å². The zero-order valence-electron chi connectivity index (χ0n) is 18.8. The van der Waals surface area contributed by atoms with Crippen molar-refractivity contribution in [3.05, 3.63) is 70.0 Å². The Bertz CT molecular complexity index is 1330. The molecule has 0 aliphatic rings. The van der Waals surface area contributed by atoms with E-state index in [0.717, 1.165) is 9.87 Å². The van der Waals surface area contributed by atoms with E-state index in [0.29, 0.717) is 16.3 Å². The predicted molar refractivity (Wildman–Crippen MR) is 127 cm³/mol. The number of carbonyl (C=O) groups excluding carboxylic acids is 3. The molecule has 1 amide bonds. The molecule has 0 aliphatic carbocycles. The number of methoxy groups -OCH3 is 1. The van der Waals surface area contributed by atoms with E-state index in [-0.39, 0.29) is 29.2 Å². The Morgan fingerprint density at radius 3 is 2.47 bits per heavy atom. The molecule has 34 heavy (non-hydrogen) atoms. The fourth-order valence-corrected chi connectivity index (χ4v) is 4.75. The Hall–Kier alpha value is -3.41. The molecule has 3 rings (SSSR count). The van der Waals surface area contributed by atoms with Gasteiger partial charge in [-0.15, -0.1) is 11.3 Å². The monoisotopic (exact) mass is 501 g/mol. The van der Waals surface area contributed by atoms with Crippen molar-refractivity contribution >= 4 is 39.0 Å². The number of aromatic nitrogens is 1. The Morgan fingerprint density at radius 2 is 1.76 bits per heavy atom. The van der Waals surface area contributed by atoms with Gasteiger partial charge < -0.3 is 10.1 Å². The smallest absolute Gasteiger partial charge is 0.337 e. The summed E-state index contributed by atoms with van der Waals surface area (Å²) >= 11 is 1.30. The van der Waals surface area contributed by atoms with E-state index >= 15 is 0 Å². The minimum atomic E-state index is -3.68. The second-order valence-electron chi connectivity index (χ2n) is 7.41. The number of Topliss-reactive ketones (excluding diaryl/α,β-unsaturated/α-hetero) is 1. The number of ether oxygens (including phenoxy) is 1. The van der Waals surface area contributed by atoms with Crippen molar-refractivity contribution in [2.24, 2.45) is 0 Å². The maximum absolute atomic E-state index is 12.4. The van der Waals surface area contributed by atoms with Crippen molar-refractivity contribution in [1.82, 2.24) is 14.6 Å². The van der Waals surface area contributed by atoms with E-state index < -0.39 is 21.9 Å².